The van der Waals surface area contributed by atoms with Gasteiger partial charge in [-0.15, -0.1) is 0 Å². The summed E-state index contributed by atoms with van der Waals surface area (Å²) in [6.45, 7) is 7.04. The smallest absolute Gasteiger partial charge is 0.124 e. The summed E-state index contributed by atoms with van der Waals surface area (Å²) >= 11 is 0. The summed E-state index contributed by atoms with van der Waals surface area (Å²) in [6, 6.07) is 8.11. The first-order chi connectivity index (χ1) is 7.15. The molecular formula is C13H21NO. The highest BCUT2D eigenvalue weighted by Gasteiger charge is 2.12. The van der Waals surface area contributed by atoms with Gasteiger partial charge in [-0.1, -0.05) is 32.0 Å². The third-order valence-electron chi connectivity index (χ3n) is 2.34. The molecule has 0 unspecified atom stereocenters. The molecule has 0 spiro atoms. The van der Waals surface area contributed by atoms with Crippen LogP contribution in [0.15, 0.2) is 24.3 Å². The highest BCUT2D eigenvalue weighted by atomic mass is 16.5. The minimum atomic E-state index is 0.0766. The van der Waals surface area contributed by atoms with Crippen LogP contribution in [0.1, 0.15) is 38.8 Å². The fourth-order valence-electron chi connectivity index (χ4n) is 1.71. The molecular weight excluding hydrogens is 186 g/mol. The SMILES string of the molecule is CCOc1ccccc1[C@@H](N)CC(C)C. The Hall–Kier alpha value is -1.02. The fraction of sp³-hybridized carbons (Fsp3) is 0.538. The molecule has 1 rings (SSSR count). The molecule has 0 aliphatic carbocycles. The Morgan fingerprint density at radius 3 is 2.53 bits per heavy atom. The van der Waals surface area contributed by atoms with Crippen molar-refractivity contribution in [2.75, 3.05) is 6.61 Å². The predicted molar refractivity (Wildman–Crippen MR) is 64.0 cm³/mol. The van der Waals surface area contributed by atoms with Gasteiger partial charge in [-0.2, -0.15) is 0 Å². The zero-order chi connectivity index (χ0) is 11.3. The second kappa shape index (κ2) is 5.76. The van der Waals surface area contributed by atoms with Crippen LogP contribution in [-0.2, 0) is 0 Å². The van der Waals surface area contributed by atoms with Crippen LogP contribution in [0.4, 0.5) is 0 Å². The lowest BCUT2D eigenvalue weighted by molar-refractivity contribution is 0.332. The van der Waals surface area contributed by atoms with Gasteiger partial charge in [0.2, 0.25) is 0 Å². The molecule has 0 radical (unpaired) electrons. The predicted octanol–water partition coefficient (Wildman–Crippen LogP) is 3.13. The summed E-state index contributed by atoms with van der Waals surface area (Å²) in [6.07, 6.45) is 0.990. The summed E-state index contributed by atoms with van der Waals surface area (Å²) in [5, 5.41) is 0. The van der Waals surface area contributed by atoms with E-state index in [1.165, 1.54) is 0 Å². The van der Waals surface area contributed by atoms with E-state index in [9.17, 15) is 0 Å². The Morgan fingerprint density at radius 2 is 1.93 bits per heavy atom. The monoisotopic (exact) mass is 207 g/mol. The van der Waals surface area contributed by atoms with Gasteiger partial charge in [0, 0.05) is 11.6 Å². The van der Waals surface area contributed by atoms with E-state index in [2.05, 4.69) is 19.9 Å². The van der Waals surface area contributed by atoms with E-state index < -0.39 is 0 Å². The van der Waals surface area contributed by atoms with Crippen molar-refractivity contribution in [1.82, 2.24) is 0 Å². The Labute approximate surface area is 92.4 Å². The van der Waals surface area contributed by atoms with Crippen molar-refractivity contribution in [1.29, 1.82) is 0 Å². The zero-order valence-corrected chi connectivity index (χ0v) is 9.86. The van der Waals surface area contributed by atoms with Crippen molar-refractivity contribution in [3.63, 3.8) is 0 Å². The Morgan fingerprint density at radius 1 is 1.27 bits per heavy atom. The molecule has 0 aromatic heterocycles. The molecule has 0 saturated heterocycles. The van der Waals surface area contributed by atoms with E-state index in [1.807, 2.05) is 25.1 Å². The first kappa shape index (κ1) is 12.1. The molecule has 1 aromatic rings. The maximum absolute atomic E-state index is 6.15. The number of benzene rings is 1. The molecule has 0 saturated carbocycles. The number of hydrogen-bond donors (Lipinski definition) is 1. The normalized spacial score (nSPS) is 12.9. The van der Waals surface area contributed by atoms with Gasteiger partial charge in [0.05, 0.1) is 6.61 Å². The fourth-order valence-corrected chi connectivity index (χ4v) is 1.71. The van der Waals surface area contributed by atoms with Crippen molar-refractivity contribution < 1.29 is 4.74 Å². The molecule has 15 heavy (non-hydrogen) atoms. The number of nitrogens with two attached hydrogens (primary N) is 1. The second-order valence-corrected chi connectivity index (χ2v) is 4.21. The van der Waals surface area contributed by atoms with Crippen LogP contribution in [0.5, 0.6) is 5.75 Å². The lowest BCUT2D eigenvalue weighted by atomic mass is 9.97. The second-order valence-electron chi connectivity index (χ2n) is 4.21. The molecule has 0 bridgehead atoms. The van der Waals surface area contributed by atoms with Crippen molar-refractivity contribution in [2.24, 2.45) is 11.7 Å². The van der Waals surface area contributed by atoms with Gasteiger partial charge in [0.15, 0.2) is 0 Å². The van der Waals surface area contributed by atoms with Gasteiger partial charge >= 0.3 is 0 Å². The molecule has 1 aromatic carbocycles. The molecule has 84 valence electrons. The van der Waals surface area contributed by atoms with E-state index in [4.69, 9.17) is 10.5 Å². The summed E-state index contributed by atoms with van der Waals surface area (Å²) in [5.41, 5.74) is 7.27. The molecule has 0 heterocycles. The molecule has 0 aliphatic rings. The first-order valence-corrected chi connectivity index (χ1v) is 5.62. The molecule has 2 nitrogen and oxygen atoms in total. The highest BCUT2D eigenvalue weighted by molar-refractivity contribution is 5.35. The molecule has 2 N–H and O–H groups in total. The van der Waals surface area contributed by atoms with Crippen LogP contribution in [0.3, 0.4) is 0 Å². The quantitative estimate of drug-likeness (QED) is 0.805. The summed E-state index contributed by atoms with van der Waals surface area (Å²) in [7, 11) is 0. The van der Waals surface area contributed by atoms with Gasteiger partial charge < -0.3 is 10.5 Å². The van der Waals surface area contributed by atoms with Crippen molar-refractivity contribution in [2.45, 2.75) is 33.2 Å². The Balaban J connectivity index is 2.81. The van der Waals surface area contributed by atoms with Crippen molar-refractivity contribution >= 4 is 0 Å². The van der Waals surface area contributed by atoms with Crippen LogP contribution in [0.2, 0.25) is 0 Å². The molecule has 1 atom stereocenters. The van der Waals surface area contributed by atoms with E-state index in [0.29, 0.717) is 12.5 Å². The maximum Gasteiger partial charge on any atom is 0.124 e. The summed E-state index contributed by atoms with van der Waals surface area (Å²) in [4.78, 5) is 0. The van der Waals surface area contributed by atoms with E-state index in [-0.39, 0.29) is 6.04 Å². The first-order valence-electron chi connectivity index (χ1n) is 5.62. The largest absolute Gasteiger partial charge is 0.494 e. The van der Waals surface area contributed by atoms with Gasteiger partial charge in [-0.3, -0.25) is 0 Å². The molecule has 0 aliphatic heterocycles. The maximum atomic E-state index is 6.15. The number of hydrogen-bond acceptors (Lipinski definition) is 2. The van der Waals surface area contributed by atoms with Gasteiger partial charge in [0.1, 0.15) is 5.75 Å². The molecule has 0 amide bonds. The average molecular weight is 207 g/mol. The van der Waals surface area contributed by atoms with Crippen molar-refractivity contribution in [3.8, 4) is 5.75 Å². The van der Waals surface area contributed by atoms with E-state index in [1.54, 1.807) is 0 Å². The summed E-state index contributed by atoms with van der Waals surface area (Å²) < 4.78 is 5.56. The number of ether oxygens (including phenoxy) is 1. The van der Waals surface area contributed by atoms with Crippen molar-refractivity contribution in [3.05, 3.63) is 29.8 Å². The third-order valence-corrected chi connectivity index (χ3v) is 2.34. The molecule has 2 heteroatoms. The Kier molecular flexibility index (Phi) is 4.63. The van der Waals surface area contributed by atoms with Crippen LogP contribution >= 0.6 is 0 Å². The summed E-state index contributed by atoms with van der Waals surface area (Å²) in [5.74, 6) is 1.53. The van der Waals surface area contributed by atoms with Crippen LogP contribution in [0, 0.1) is 5.92 Å². The number of rotatable bonds is 5. The van der Waals surface area contributed by atoms with Gasteiger partial charge in [0.25, 0.3) is 0 Å². The lowest BCUT2D eigenvalue weighted by Gasteiger charge is -2.17. The van der Waals surface area contributed by atoms with Crippen LogP contribution < -0.4 is 10.5 Å². The third kappa shape index (κ3) is 3.56. The topological polar surface area (TPSA) is 35.2 Å². The van der Waals surface area contributed by atoms with Crippen LogP contribution in [0.25, 0.3) is 0 Å². The molecule has 0 fully saturated rings. The van der Waals surface area contributed by atoms with Gasteiger partial charge in [-0.05, 0) is 25.3 Å². The number of para-hydroxylation sites is 1. The van der Waals surface area contributed by atoms with E-state index >= 15 is 0 Å². The lowest BCUT2D eigenvalue weighted by Crippen LogP contribution is -2.14. The minimum Gasteiger partial charge on any atom is -0.494 e. The standard InChI is InChI=1S/C13H21NO/c1-4-15-13-8-6-5-7-11(13)12(14)9-10(2)3/h5-8,10,12H,4,9,14H2,1-3H3/t12-/m0/s1. The van der Waals surface area contributed by atoms with E-state index in [0.717, 1.165) is 17.7 Å². The average Bonchev–Trinajstić information content (AvgIpc) is 2.18. The van der Waals surface area contributed by atoms with Gasteiger partial charge in [-0.25, -0.2) is 0 Å². The minimum absolute atomic E-state index is 0.0766. The highest BCUT2D eigenvalue weighted by Crippen LogP contribution is 2.27. The Bertz CT molecular complexity index is 296. The zero-order valence-electron chi connectivity index (χ0n) is 9.86. The van der Waals surface area contributed by atoms with Crippen LogP contribution in [-0.4, -0.2) is 6.61 Å².